The number of carbonyl (C=O) groups is 2. The molecular weight excluding hydrogens is 396 g/mol. The molecule has 0 radical (unpaired) electrons. The molecule has 2 aromatic carbocycles. The number of sulfonamides is 1. The molecule has 1 amide bonds. The molecule has 0 aliphatic rings. The van der Waals surface area contributed by atoms with Crippen LogP contribution in [-0.2, 0) is 19.6 Å². The largest absolute Gasteiger partial charge is 0.448 e. The maximum atomic E-state index is 12.4. The van der Waals surface area contributed by atoms with Crippen molar-refractivity contribution in [2.45, 2.75) is 17.9 Å². The first-order valence-corrected chi connectivity index (χ1v) is 10.1. The summed E-state index contributed by atoms with van der Waals surface area (Å²) in [6.45, 7) is 1.42. The van der Waals surface area contributed by atoms with E-state index in [1.165, 1.54) is 39.2 Å². The van der Waals surface area contributed by atoms with Crippen LogP contribution in [0.25, 0.3) is 10.9 Å². The Morgan fingerprint density at radius 3 is 2.59 bits per heavy atom. The molecule has 1 unspecified atom stereocenters. The third kappa shape index (κ3) is 4.28. The predicted octanol–water partition coefficient (Wildman–Crippen LogP) is 2.00. The smallest absolute Gasteiger partial charge is 0.360 e. The molecule has 0 spiro atoms. The van der Waals surface area contributed by atoms with Gasteiger partial charge in [-0.05, 0) is 31.2 Å². The maximum absolute atomic E-state index is 12.4. The van der Waals surface area contributed by atoms with Crippen LogP contribution < -0.4 is 5.32 Å². The SMILES string of the molecule is CC(OC(=O)c1n[nH]c2ccccc12)C(=O)Nc1cccc(S(=O)(=O)N(C)C)c1. The highest BCUT2D eigenvalue weighted by Gasteiger charge is 2.23. The molecule has 0 bridgehead atoms. The number of nitrogens with zero attached hydrogens (tertiary/aromatic N) is 2. The summed E-state index contributed by atoms with van der Waals surface area (Å²) in [7, 11) is -0.805. The lowest BCUT2D eigenvalue weighted by Crippen LogP contribution is -2.30. The lowest BCUT2D eigenvalue weighted by atomic mass is 10.2. The number of para-hydroxylation sites is 1. The summed E-state index contributed by atoms with van der Waals surface area (Å²) in [6.07, 6.45) is -1.12. The lowest BCUT2D eigenvalue weighted by molar-refractivity contribution is -0.123. The van der Waals surface area contributed by atoms with Crippen LogP contribution in [0.1, 0.15) is 17.4 Å². The van der Waals surface area contributed by atoms with Crippen LogP contribution in [0.4, 0.5) is 5.69 Å². The third-order valence-corrected chi connectivity index (χ3v) is 6.01. The van der Waals surface area contributed by atoms with Crippen molar-refractivity contribution in [3.8, 4) is 0 Å². The monoisotopic (exact) mass is 416 g/mol. The van der Waals surface area contributed by atoms with Crippen molar-refractivity contribution in [2.24, 2.45) is 0 Å². The number of amides is 1. The molecule has 0 saturated carbocycles. The average molecular weight is 416 g/mol. The van der Waals surface area contributed by atoms with Gasteiger partial charge in [0, 0.05) is 25.2 Å². The summed E-state index contributed by atoms with van der Waals surface area (Å²) < 4.78 is 30.7. The Hall–Kier alpha value is -3.24. The zero-order valence-corrected chi connectivity index (χ0v) is 16.9. The number of aromatic nitrogens is 2. The van der Waals surface area contributed by atoms with Crippen LogP contribution >= 0.6 is 0 Å². The Labute approximate surface area is 167 Å². The standard InChI is InChI=1S/C19H20N4O5S/c1-12(28-19(25)17-15-9-4-5-10-16(15)21-22-17)18(24)20-13-7-6-8-14(11-13)29(26,27)23(2)3/h4-12H,1-3H3,(H,20,24)(H,21,22). The van der Waals surface area contributed by atoms with E-state index < -0.39 is 28.0 Å². The first-order chi connectivity index (χ1) is 13.7. The van der Waals surface area contributed by atoms with Crippen molar-refractivity contribution in [3.05, 3.63) is 54.2 Å². The predicted molar refractivity (Wildman–Crippen MR) is 107 cm³/mol. The van der Waals surface area contributed by atoms with Gasteiger partial charge in [-0.3, -0.25) is 9.89 Å². The second-order valence-electron chi connectivity index (χ2n) is 6.47. The summed E-state index contributed by atoms with van der Waals surface area (Å²) >= 11 is 0. The molecule has 0 aliphatic heterocycles. The zero-order chi connectivity index (χ0) is 21.2. The Morgan fingerprint density at radius 2 is 1.86 bits per heavy atom. The van der Waals surface area contributed by atoms with Crippen LogP contribution in [0.3, 0.4) is 0 Å². The molecular formula is C19H20N4O5S. The second-order valence-corrected chi connectivity index (χ2v) is 8.62. The number of H-pyrrole nitrogens is 1. The number of ether oxygens (including phenoxy) is 1. The van der Waals surface area contributed by atoms with Gasteiger partial charge in [0.05, 0.1) is 10.4 Å². The molecule has 1 atom stereocenters. The van der Waals surface area contributed by atoms with Gasteiger partial charge < -0.3 is 10.1 Å². The highest BCUT2D eigenvalue weighted by atomic mass is 32.2. The minimum atomic E-state index is -3.64. The van der Waals surface area contributed by atoms with Crippen LogP contribution in [0.2, 0.25) is 0 Å². The minimum absolute atomic E-state index is 0.0351. The van der Waals surface area contributed by atoms with Gasteiger partial charge in [-0.25, -0.2) is 17.5 Å². The van der Waals surface area contributed by atoms with Crippen molar-refractivity contribution in [3.63, 3.8) is 0 Å². The summed E-state index contributed by atoms with van der Waals surface area (Å²) in [4.78, 5) is 24.8. The van der Waals surface area contributed by atoms with E-state index in [4.69, 9.17) is 4.74 Å². The minimum Gasteiger partial charge on any atom is -0.448 e. The van der Waals surface area contributed by atoms with Gasteiger partial charge in [0.15, 0.2) is 11.8 Å². The van der Waals surface area contributed by atoms with E-state index in [2.05, 4.69) is 15.5 Å². The maximum Gasteiger partial charge on any atom is 0.360 e. The Balaban J connectivity index is 1.70. The fourth-order valence-electron chi connectivity index (χ4n) is 2.58. The van der Waals surface area contributed by atoms with Gasteiger partial charge in [-0.1, -0.05) is 24.3 Å². The molecule has 9 nitrogen and oxygen atoms in total. The number of rotatable bonds is 6. The number of nitrogens with one attached hydrogen (secondary N) is 2. The number of carbonyl (C=O) groups excluding carboxylic acids is 2. The van der Waals surface area contributed by atoms with Crippen LogP contribution in [0.15, 0.2) is 53.4 Å². The van der Waals surface area contributed by atoms with Gasteiger partial charge in [0.1, 0.15) is 0 Å². The summed E-state index contributed by atoms with van der Waals surface area (Å²) in [5.74, 6) is -1.34. The van der Waals surface area contributed by atoms with E-state index in [-0.39, 0.29) is 16.3 Å². The van der Waals surface area contributed by atoms with Gasteiger partial charge >= 0.3 is 5.97 Å². The third-order valence-electron chi connectivity index (χ3n) is 4.20. The number of benzene rings is 2. The topological polar surface area (TPSA) is 121 Å². The average Bonchev–Trinajstić information content (AvgIpc) is 3.12. The first kappa shape index (κ1) is 20.5. The number of hydrogen-bond donors (Lipinski definition) is 2. The van der Waals surface area contributed by atoms with E-state index >= 15 is 0 Å². The van der Waals surface area contributed by atoms with Crippen molar-refractivity contribution in [1.29, 1.82) is 0 Å². The Bertz CT molecular complexity index is 1170. The van der Waals surface area contributed by atoms with Crippen LogP contribution in [-0.4, -0.2) is 55.0 Å². The molecule has 10 heteroatoms. The fourth-order valence-corrected chi connectivity index (χ4v) is 3.53. The van der Waals surface area contributed by atoms with E-state index in [0.717, 1.165) is 4.31 Å². The first-order valence-electron chi connectivity index (χ1n) is 8.67. The summed E-state index contributed by atoms with van der Waals surface area (Å²) in [5, 5.41) is 9.82. The number of anilines is 1. The fraction of sp³-hybridized carbons (Fsp3) is 0.211. The lowest BCUT2D eigenvalue weighted by Gasteiger charge is -2.15. The van der Waals surface area contributed by atoms with Crippen LogP contribution in [0, 0.1) is 0 Å². The van der Waals surface area contributed by atoms with E-state index in [0.29, 0.717) is 10.9 Å². The molecule has 29 heavy (non-hydrogen) atoms. The molecule has 0 fully saturated rings. The number of aromatic amines is 1. The van der Waals surface area contributed by atoms with Gasteiger partial charge in [-0.15, -0.1) is 0 Å². The highest BCUT2D eigenvalue weighted by Crippen LogP contribution is 2.19. The molecule has 152 valence electrons. The van der Waals surface area contributed by atoms with Crippen molar-refractivity contribution in [2.75, 3.05) is 19.4 Å². The highest BCUT2D eigenvalue weighted by molar-refractivity contribution is 7.89. The molecule has 1 heterocycles. The number of hydrogen-bond acceptors (Lipinski definition) is 6. The zero-order valence-electron chi connectivity index (χ0n) is 16.0. The van der Waals surface area contributed by atoms with Crippen molar-refractivity contribution >= 4 is 38.5 Å². The molecule has 0 aliphatic carbocycles. The number of esters is 1. The molecule has 3 aromatic rings. The quantitative estimate of drug-likeness (QED) is 0.593. The molecule has 3 rings (SSSR count). The van der Waals surface area contributed by atoms with Crippen molar-refractivity contribution in [1.82, 2.24) is 14.5 Å². The molecule has 1 aromatic heterocycles. The number of fused-ring (bicyclic) bond motifs is 1. The van der Waals surface area contributed by atoms with Crippen molar-refractivity contribution < 1.29 is 22.7 Å². The normalized spacial score (nSPS) is 12.7. The van der Waals surface area contributed by atoms with E-state index in [1.54, 1.807) is 30.3 Å². The Kier molecular flexibility index (Phi) is 5.66. The summed E-state index contributed by atoms with van der Waals surface area (Å²) in [5.41, 5.74) is 1.03. The van der Waals surface area contributed by atoms with Crippen LogP contribution in [0.5, 0.6) is 0 Å². The Morgan fingerprint density at radius 1 is 1.14 bits per heavy atom. The van der Waals surface area contributed by atoms with Gasteiger partial charge in [0.2, 0.25) is 10.0 Å². The summed E-state index contributed by atoms with van der Waals surface area (Å²) in [6, 6.07) is 12.9. The molecule has 0 saturated heterocycles. The van der Waals surface area contributed by atoms with Gasteiger partial charge in [-0.2, -0.15) is 5.10 Å². The van der Waals surface area contributed by atoms with Gasteiger partial charge in [0.25, 0.3) is 5.91 Å². The molecule has 2 N–H and O–H groups in total. The van der Waals surface area contributed by atoms with E-state index in [1.807, 2.05) is 0 Å². The second kappa shape index (κ2) is 8.02. The van der Waals surface area contributed by atoms with E-state index in [9.17, 15) is 18.0 Å².